The molecule has 0 rings (SSSR count). The maximum atomic E-state index is 13.1. The Morgan fingerprint density at radius 1 is 0.307 bits per heavy atom. The van der Waals surface area contributed by atoms with Crippen LogP contribution in [0.1, 0.15) is 440 Å². The van der Waals surface area contributed by atoms with Crippen molar-refractivity contribution in [3.05, 3.63) is 0 Å². The van der Waals surface area contributed by atoms with Crippen LogP contribution in [0.15, 0.2) is 0 Å². The second-order valence-electron chi connectivity index (χ2n) is 30.7. The molecule has 0 heterocycles. The standard InChI is InChI=1S/C87H170N2O10S2/c1-7-11-14-17-27-44-62-83(63-45-28-18-15-12-8-2)98-86(94)67-49-33-24-36-53-71-89(74-76-91)72-54-37-25-38-56-78-100-101-79-57-40-43-61-82(58-10-4)60-42-26-20-21-30-47-65-84(64-46-29-19-16-13-9-3)99-87(95)68-50-32-23-35-52-70-88(73-75-90)69-51-34-22-31-48-66-85(93)97-80(5)59-41-39-55-77-96-81(6)92/h80,82-84,90-91H,7-79H2,1-6H3. The summed E-state index contributed by atoms with van der Waals surface area (Å²) in [5.41, 5.74) is 0. The predicted molar refractivity (Wildman–Crippen MR) is 436 cm³/mol. The lowest BCUT2D eigenvalue weighted by Crippen LogP contribution is -2.29. The van der Waals surface area contributed by atoms with Gasteiger partial charge in [0.1, 0.15) is 12.2 Å². The first-order chi connectivity index (χ1) is 49.5. The Morgan fingerprint density at radius 2 is 0.594 bits per heavy atom. The number of carbonyl (C=O) groups excluding carboxylic acids is 4. The second-order valence-corrected chi connectivity index (χ2v) is 33.4. The van der Waals surface area contributed by atoms with E-state index < -0.39 is 0 Å². The number of esters is 4. The Balaban J connectivity index is 4.18. The number of carbonyl (C=O) groups is 4. The van der Waals surface area contributed by atoms with Crippen LogP contribution in [0.3, 0.4) is 0 Å². The first-order valence-corrected chi connectivity index (χ1v) is 46.6. The molecule has 0 amide bonds. The minimum atomic E-state index is -0.240. The summed E-state index contributed by atoms with van der Waals surface area (Å²) in [7, 11) is 4.19. The molecule has 2 N–H and O–H groups in total. The maximum Gasteiger partial charge on any atom is 0.306 e. The van der Waals surface area contributed by atoms with Crippen molar-refractivity contribution in [2.24, 2.45) is 5.92 Å². The molecule has 3 unspecified atom stereocenters. The second kappa shape index (κ2) is 80.9. The number of rotatable bonds is 84. The van der Waals surface area contributed by atoms with Crippen LogP contribution in [0.5, 0.6) is 0 Å². The van der Waals surface area contributed by atoms with Crippen molar-refractivity contribution in [1.29, 1.82) is 0 Å². The SMILES string of the molecule is CCCCCCCCC(CCCCCCCC)OC(=O)CCCCCCCN(CCO)CCCCCCCSSCCCCCC(CCC)CCCCCCCCC(CCCCCCCC)OC(=O)CCCCCCCN(CCO)CCCCCCCC(=O)OC(C)CCCCCOC(C)=O. The van der Waals surface area contributed by atoms with Crippen LogP contribution < -0.4 is 0 Å². The van der Waals surface area contributed by atoms with E-state index in [1.165, 1.54) is 256 Å². The molecule has 0 aliphatic rings. The fraction of sp³-hybridized carbons (Fsp3) is 0.954. The zero-order valence-electron chi connectivity index (χ0n) is 67.8. The van der Waals surface area contributed by atoms with Gasteiger partial charge in [0, 0.05) is 50.8 Å². The van der Waals surface area contributed by atoms with Crippen LogP contribution >= 0.6 is 21.6 Å². The van der Waals surface area contributed by atoms with E-state index in [9.17, 15) is 29.4 Å². The smallest absolute Gasteiger partial charge is 0.306 e. The number of aliphatic hydroxyl groups is 2. The minimum absolute atomic E-state index is 0.00663. The van der Waals surface area contributed by atoms with Gasteiger partial charge in [-0.1, -0.05) is 293 Å². The number of hydrogen-bond donors (Lipinski definition) is 2. The summed E-state index contributed by atoms with van der Waals surface area (Å²) in [4.78, 5) is 54.0. The van der Waals surface area contributed by atoms with Gasteiger partial charge in [-0.2, -0.15) is 0 Å². The Labute approximate surface area is 634 Å². The third-order valence-electron chi connectivity index (χ3n) is 20.7. The van der Waals surface area contributed by atoms with E-state index >= 15 is 0 Å². The molecule has 0 aliphatic heterocycles. The average molecular weight is 1470 g/mol. The fourth-order valence-electron chi connectivity index (χ4n) is 14.4. The Bertz CT molecular complexity index is 1720. The summed E-state index contributed by atoms with van der Waals surface area (Å²) < 4.78 is 22.8. The average Bonchev–Trinajstić information content (AvgIpc) is 2.09. The van der Waals surface area contributed by atoms with Crippen molar-refractivity contribution in [2.45, 2.75) is 458 Å². The maximum absolute atomic E-state index is 13.1. The van der Waals surface area contributed by atoms with Crippen molar-refractivity contribution in [1.82, 2.24) is 9.80 Å². The van der Waals surface area contributed by atoms with Crippen LogP contribution in [0.2, 0.25) is 0 Å². The van der Waals surface area contributed by atoms with Crippen molar-refractivity contribution < 1.29 is 48.3 Å². The molecule has 12 nitrogen and oxygen atoms in total. The van der Waals surface area contributed by atoms with E-state index in [1.54, 1.807) is 0 Å². The molecule has 0 bridgehead atoms. The van der Waals surface area contributed by atoms with Gasteiger partial charge in [-0.25, -0.2) is 0 Å². The molecule has 0 saturated heterocycles. The largest absolute Gasteiger partial charge is 0.466 e. The number of ether oxygens (including phenoxy) is 4. The van der Waals surface area contributed by atoms with Gasteiger partial charge in [0.2, 0.25) is 0 Å². The highest BCUT2D eigenvalue weighted by Crippen LogP contribution is 2.28. The Hall–Kier alpha value is -1.58. The van der Waals surface area contributed by atoms with Crippen molar-refractivity contribution in [3.8, 4) is 0 Å². The van der Waals surface area contributed by atoms with Gasteiger partial charge in [0.05, 0.1) is 25.9 Å². The number of hydrogen-bond acceptors (Lipinski definition) is 14. The number of unbranched alkanes of at least 4 members (excludes halogenated alkanes) is 40. The number of aliphatic hydroxyl groups excluding tert-OH is 2. The lowest BCUT2D eigenvalue weighted by Gasteiger charge is -2.21. The molecule has 0 aromatic carbocycles. The molecule has 101 heavy (non-hydrogen) atoms. The molecule has 0 spiro atoms. The monoisotopic (exact) mass is 1470 g/mol. The van der Waals surface area contributed by atoms with Crippen LogP contribution in [0.25, 0.3) is 0 Å². The topological polar surface area (TPSA) is 152 Å². The van der Waals surface area contributed by atoms with E-state index in [4.69, 9.17) is 18.9 Å². The molecule has 0 aromatic heterocycles. The summed E-state index contributed by atoms with van der Waals surface area (Å²) in [6, 6.07) is 0. The molecular formula is C87H170N2O10S2. The third kappa shape index (κ3) is 75.0. The van der Waals surface area contributed by atoms with Crippen LogP contribution in [0.4, 0.5) is 0 Å². The van der Waals surface area contributed by atoms with E-state index in [0.717, 1.165) is 180 Å². The highest BCUT2D eigenvalue weighted by atomic mass is 33.1. The fourth-order valence-corrected chi connectivity index (χ4v) is 16.7. The first kappa shape index (κ1) is 99.4. The van der Waals surface area contributed by atoms with Gasteiger partial charge in [-0.3, -0.25) is 19.2 Å². The molecular weight excluding hydrogens is 1300 g/mol. The molecule has 0 fully saturated rings. The molecule has 0 saturated carbocycles. The molecule has 0 aliphatic carbocycles. The van der Waals surface area contributed by atoms with Crippen LogP contribution in [-0.4, -0.2) is 133 Å². The summed E-state index contributed by atoms with van der Waals surface area (Å²) in [5.74, 6) is 3.15. The van der Waals surface area contributed by atoms with Crippen molar-refractivity contribution in [3.63, 3.8) is 0 Å². The lowest BCUT2D eigenvalue weighted by atomic mass is 9.91. The predicted octanol–water partition coefficient (Wildman–Crippen LogP) is 25.2. The number of nitrogens with zero attached hydrogens (tertiary/aromatic N) is 2. The van der Waals surface area contributed by atoms with E-state index in [1.807, 2.05) is 6.92 Å². The molecule has 14 heteroatoms. The van der Waals surface area contributed by atoms with Crippen LogP contribution in [-0.2, 0) is 38.1 Å². The normalized spacial score (nSPS) is 12.7. The van der Waals surface area contributed by atoms with Crippen molar-refractivity contribution in [2.75, 3.05) is 70.6 Å². The summed E-state index contributed by atoms with van der Waals surface area (Å²) in [5, 5.41) is 19.4. The molecule has 0 radical (unpaired) electrons. The zero-order valence-corrected chi connectivity index (χ0v) is 69.4. The van der Waals surface area contributed by atoms with Gasteiger partial charge in [-0.15, -0.1) is 0 Å². The first-order valence-electron chi connectivity index (χ1n) is 44.1. The molecule has 600 valence electrons. The zero-order chi connectivity index (χ0) is 73.6. The summed E-state index contributed by atoms with van der Waals surface area (Å²) >= 11 is 0. The van der Waals surface area contributed by atoms with Gasteiger partial charge >= 0.3 is 23.9 Å². The lowest BCUT2D eigenvalue weighted by molar-refractivity contribution is -0.151. The Morgan fingerprint density at radius 3 is 0.941 bits per heavy atom. The van der Waals surface area contributed by atoms with E-state index in [0.29, 0.717) is 32.4 Å². The highest BCUT2D eigenvalue weighted by Gasteiger charge is 2.18. The minimum Gasteiger partial charge on any atom is -0.466 e. The highest BCUT2D eigenvalue weighted by molar-refractivity contribution is 8.76. The summed E-state index contributed by atoms with van der Waals surface area (Å²) in [6.07, 6.45) is 72.4. The third-order valence-corrected chi connectivity index (χ3v) is 23.3. The van der Waals surface area contributed by atoms with Crippen LogP contribution in [0, 0.1) is 5.92 Å². The van der Waals surface area contributed by atoms with E-state index in [-0.39, 0.29) is 55.4 Å². The van der Waals surface area contributed by atoms with Gasteiger partial charge in [-0.05, 0) is 174 Å². The summed E-state index contributed by atoms with van der Waals surface area (Å²) in [6.45, 7) is 19.1. The van der Waals surface area contributed by atoms with Gasteiger partial charge in [0.25, 0.3) is 0 Å². The van der Waals surface area contributed by atoms with Gasteiger partial charge < -0.3 is 39.0 Å². The quantitative estimate of drug-likeness (QED) is 0.0257. The Kier molecular flexibility index (Phi) is 79.7. The van der Waals surface area contributed by atoms with E-state index in [2.05, 4.69) is 59.1 Å². The van der Waals surface area contributed by atoms with Crippen molar-refractivity contribution >= 4 is 45.5 Å². The van der Waals surface area contributed by atoms with Gasteiger partial charge in [0.15, 0.2) is 0 Å². The molecule has 3 atom stereocenters. The molecule has 0 aromatic rings.